The summed E-state index contributed by atoms with van der Waals surface area (Å²) in [4.78, 5) is 10.9. The lowest BCUT2D eigenvalue weighted by Crippen LogP contribution is -2.14. The lowest BCUT2D eigenvalue weighted by Gasteiger charge is -2.03. The summed E-state index contributed by atoms with van der Waals surface area (Å²) in [5, 5.41) is 3.06. The van der Waals surface area contributed by atoms with Gasteiger partial charge in [-0.25, -0.2) is 4.79 Å². The molecular weight excluding hydrogens is 166 g/mol. The first-order valence-electron chi connectivity index (χ1n) is 4.40. The van der Waals surface area contributed by atoms with Crippen LogP contribution in [-0.4, -0.2) is 19.1 Å². The Morgan fingerprint density at radius 1 is 1.62 bits per heavy atom. The van der Waals surface area contributed by atoms with Gasteiger partial charge in [0.25, 0.3) is 0 Å². The van der Waals surface area contributed by atoms with Crippen LogP contribution in [0.2, 0.25) is 0 Å². The van der Waals surface area contributed by atoms with Crippen molar-refractivity contribution in [1.82, 2.24) is 5.32 Å². The maximum Gasteiger partial charge on any atom is 0.332 e. The van der Waals surface area contributed by atoms with E-state index < -0.39 is 0 Å². The van der Waals surface area contributed by atoms with E-state index in [1.54, 1.807) is 6.92 Å². The Kier molecular flexibility index (Phi) is 6.69. The molecule has 0 fully saturated rings. The van der Waals surface area contributed by atoms with Crippen LogP contribution in [0.15, 0.2) is 24.4 Å². The van der Waals surface area contributed by atoms with Crippen LogP contribution in [0.25, 0.3) is 0 Å². The summed E-state index contributed by atoms with van der Waals surface area (Å²) in [5.74, 6) is -0.300. The topological polar surface area (TPSA) is 38.3 Å². The van der Waals surface area contributed by atoms with E-state index in [1.807, 2.05) is 13.0 Å². The summed E-state index contributed by atoms with van der Waals surface area (Å²) < 4.78 is 4.74. The fourth-order valence-corrected chi connectivity index (χ4v) is 0.783. The number of rotatable bonds is 6. The van der Waals surface area contributed by atoms with Crippen LogP contribution in [0.4, 0.5) is 0 Å². The number of hydrogen-bond acceptors (Lipinski definition) is 3. The molecule has 0 amide bonds. The van der Waals surface area contributed by atoms with Gasteiger partial charge < -0.3 is 10.1 Å². The van der Waals surface area contributed by atoms with Crippen molar-refractivity contribution in [3.8, 4) is 0 Å². The molecule has 0 rings (SSSR count). The van der Waals surface area contributed by atoms with Crippen LogP contribution in [0.3, 0.4) is 0 Å². The second-order valence-electron chi connectivity index (χ2n) is 2.58. The summed E-state index contributed by atoms with van der Waals surface area (Å²) in [7, 11) is 0. The average Bonchev–Trinajstić information content (AvgIpc) is 2.05. The van der Waals surface area contributed by atoms with Crippen molar-refractivity contribution in [2.45, 2.75) is 20.3 Å². The number of allylic oxidation sites excluding steroid dienone is 1. The predicted molar refractivity (Wildman–Crippen MR) is 53.2 cm³/mol. The van der Waals surface area contributed by atoms with E-state index in [0.29, 0.717) is 6.61 Å². The number of carbonyl (C=O) groups excluding carboxylic acids is 1. The first-order valence-corrected chi connectivity index (χ1v) is 4.40. The predicted octanol–water partition coefficient (Wildman–Crippen LogP) is 1.62. The van der Waals surface area contributed by atoms with Gasteiger partial charge in [0.1, 0.15) is 0 Å². The highest BCUT2D eigenvalue weighted by Crippen LogP contribution is 1.90. The quantitative estimate of drug-likeness (QED) is 0.294. The Hall–Kier alpha value is -1.25. The summed E-state index contributed by atoms with van der Waals surface area (Å²) >= 11 is 0. The summed E-state index contributed by atoms with van der Waals surface area (Å²) in [6.07, 6.45) is 4.16. The lowest BCUT2D eigenvalue weighted by molar-refractivity contribution is -0.137. The Bertz CT molecular complexity index is 197. The number of hydrogen-bond donors (Lipinski definition) is 1. The molecule has 3 nitrogen and oxygen atoms in total. The van der Waals surface area contributed by atoms with Gasteiger partial charge in [-0.3, -0.25) is 0 Å². The smallest absolute Gasteiger partial charge is 0.332 e. The highest BCUT2D eigenvalue weighted by molar-refractivity contribution is 5.82. The lowest BCUT2D eigenvalue weighted by atomic mass is 10.4. The van der Waals surface area contributed by atoms with E-state index in [1.165, 1.54) is 6.08 Å². The molecule has 0 bridgehead atoms. The highest BCUT2D eigenvalue weighted by atomic mass is 16.5. The average molecular weight is 183 g/mol. The van der Waals surface area contributed by atoms with Crippen LogP contribution in [0.5, 0.6) is 0 Å². The monoisotopic (exact) mass is 183 g/mol. The van der Waals surface area contributed by atoms with Gasteiger partial charge in [0.05, 0.1) is 6.61 Å². The van der Waals surface area contributed by atoms with E-state index in [9.17, 15) is 4.79 Å². The number of carbonyl (C=O) groups is 1. The molecule has 0 atom stereocenters. The van der Waals surface area contributed by atoms with E-state index in [-0.39, 0.29) is 5.97 Å². The van der Waals surface area contributed by atoms with E-state index in [4.69, 9.17) is 4.74 Å². The highest BCUT2D eigenvalue weighted by Gasteiger charge is 1.96. The third-order valence-corrected chi connectivity index (χ3v) is 1.37. The Morgan fingerprint density at radius 2 is 2.31 bits per heavy atom. The van der Waals surface area contributed by atoms with Gasteiger partial charge in [-0.1, -0.05) is 6.08 Å². The van der Waals surface area contributed by atoms with Crippen molar-refractivity contribution >= 4 is 5.97 Å². The molecule has 0 spiro atoms. The third kappa shape index (κ3) is 7.12. The molecule has 0 radical (unpaired) electrons. The number of esters is 1. The molecule has 3 heteroatoms. The van der Waals surface area contributed by atoms with Crippen molar-refractivity contribution in [3.63, 3.8) is 0 Å². The minimum atomic E-state index is -0.300. The van der Waals surface area contributed by atoms with Gasteiger partial charge in [0.15, 0.2) is 0 Å². The molecule has 13 heavy (non-hydrogen) atoms. The Morgan fingerprint density at radius 3 is 2.85 bits per heavy atom. The van der Waals surface area contributed by atoms with Crippen LogP contribution in [0, 0.1) is 0 Å². The van der Waals surface area contributed by atoms with E-state index >= 15 is 0 Å². The minimum absolute atomic E-state index is 0.300. The third-order valence-electron chi connectivity index (χ3n) is 1.37. The molecule has 0 heterocycles. The first kappa shape index (κ1) is 11.8. The molecule has 0 unspecified atom stereocenters. The SMILES string of the molecule is C=CCCNC(C)=CC(=O)OCC. The molecule has 0 saturated heterocycles. The summed E-state index contributed by atoms with van der Waals surface area (Å²) in [6.45, 7) is 8.42. The molecule has 0 aliphatic rings. The van der Waals surface area contributed by atoms with Gasteiger partial charge in [0.2, 0.25) is 0 Å². The first-order chi connectivity index (χ1) is 6.20. The second-order valence-corrected chi connectivity index (χ2v) is 2.58. The fourth-order valence-electron chi connectivity index (χ4n) is 0.783. The summed E-state index contributed by atoms with van der Waals surface area (Å²) in [6, 6.07) is 0. The van der Waals surface area contributed by atoms with Gasteiger partial charge in [-0.15, -0.1) is 6.58 Å². The van der Waals surface area contributed by atoms with Crippen LogP contribution < -0.4 is 5.32 Å². The van der Waals surface area contributed by atoms with E-state index in [0.717, 1.165) is 18.7 Å². The molecule has 74 valence electrons. The molecule has 0 aliphatic carbocycles. The number of ether oxygens (including phenoxy) is 1. The van der Waals surface area contributed by atoms with Crippen molar-refractivity contribution in [3.05, 3.63) is 24.4 Å². The zero-order valence-corrected chi connectivity index (χ0v) is 8.30. The zero-order valence-electron chi connectivity index (χ0n) is 8.30. The molecule has 0 aliphatic heterocycles. The Labute approximate surface area is 79.5 Å². The van der Waals surface area contributed by atoms with Crippen molar-refractivity contribution < 1.29 is 9.53 Å². The molecule has 0 saturated carbocycles. The van der Waals surface area contributed by atoms with E-state index in [2.05, 4.69) is 11.9 Å². The molecule has 0 aromatic carbocycles. The normalized spacial score (nSPS) is 10.8. The maximum absolute atomic E-state index is 10.9. The fraction of sp³-hybridized carbons (Fsp3) is 0.500. The Balaban J connectivity index is 3.72. The van der Waals surface area contributed by atoms with Gasteiger partial charge in [-0.05, 0) is 20.3 Å². The summed E-state index contributed by atoms with van der Waals surface area (Å²) in [5.41, 5.74) is 0.820. The van der Waals surface area contributed by atoms with Gasteiger partial charge in [-0.2, -0.15) is 0 Å². The molecule has 0 aromatic rings. The zero-order chi connectivity index (χ0) is 10.1. The van der Waals surface area contributed by atoms with Gasteiger partial charge >= 0.3 is 5.97 Å². The van der Waals surface area contributed by atoms with Gasteiger partial charge in [0, 0.05) is 18.3 Å². The van der Waals surface area contributed by atoms with Crippen molar-refractivity contribution in [2.24, 2.45) is 0 Å². The number of nitrogens with one attached hydrogen (secondary N) is 1. The van der Waals surface area contributed by atoms with Crippen LogP contribution in [0.1, 0.15) is 20.3 Å². The van der Waals surface area contributed by atoms with Crippen LogP contribution in [-0.2, 0) is 9.53 Å². The second kappa shape index (κ2) is 7.40. The standard InChI is InChI=1S/C10H17NO2/c1-4-6-7-11-9(3)8-10(12)13-5-2/h4,8,11H,1,5-7H2,2-3H3. The molecular formula is C10H17NO2. The minimum Gasteiger partial charge on any atom is -0.463 e. The van der Waals surface area contributed by atoms with Crippen LogP contribution >= 0.6 is 0 Å². The molecule has 1 N–H and O–H groups in total. The van der Waals surface area contributed by atoms with Crippen molar-refractivity contribution in [1.29, 1.82) is 0 Å². The molecule has 0 aromatic heterocycles. The largest absolute Gasteiger partial charge is 0.463 e. The maximum atomic E-state index is 10.9. The van der Waals surface area contributed by atoms with Crippen molar-refractivity contribution in [2.75, 3.05) is 13.2 Å².